The molecule has 0 aromatic heterocycles. The molecule has 1 aromatic carbocycles. The molecule has 1 aliphatic rings. The van der Waals surface area contributed by atoms with Crippen molar-refractivity contribution in [1.82, 2.24) is 10.2 Å². The molecule has 5 heteroatoms. The Morgan fingerprint density at radius 2 is 2.00 bits per heavy atom. The van der Waals surface area contributed by atoms with Crippen molar-refractivity contribution < 1.29 is 14.3 Å². The van der Waals surface area contributed by atoms with Gasteiger partial charge in [0.25, 0.3) is 0 Å². The Morgan fingerprint density at radius 3 is 2.64 bits per heavy atom. The molecule has 0 radical (unpaired) electrons. The SMILES string of the molecule is CCC(=O)NC[C@@H]1C[C@H](C(=O)N(Cc2ccccc2)C(C)CC)CO1. The van der Waals surface area contributed by atoms with Crippen molar-refractivity contribution in [2.24, 2.45) is 5.92 Å². The molecule has 5 nitrogen and oxygen atoms in total. The van der Waals surface area contributed by atoms with Gasteiger partial charge in [0, 0.05) is 25.6 Å². The van der Waals surface area contributed by atoms with Crippen molar-refractivity contribution in [3.05, 3.63) is 35.9 Å². The van der Waals surface area contributed by atoms with E-state index >= 15 is 0 Å². The minimum atomic E-state index is -0.124. The van der Waals surface area contributed by atoms with E-state index in [1.54, 1.807) is 0 Å². The Morgan fingerprint density at radius 1 is 1.28 bits per heavy atom. The van der Waals surface area contributed by atoms with Gasteiger partial charge in [-0.3, -0.25) is 9.59 Å². The van der Waals surface area contributed by atoms with Crippen LogP contribution in [0.15, 0.2) is 30.3 Å². The highest BCUT2D eigenvalue weighted by molar-refractivity contribution is 5.79. The van der Waals surface area contributed by atoms with E-state index in [4.69, 9.17) is 4.74 Å². The highest BCUT2D eigenvalue weighted by atomic mass is 16.5. The third-order valence-electron chi connectivity index (χ3n) is 4.88. The molecule has 0 bridgehead atoms. The van der Waals surface area contributed by atoms with Gasteiger partial charge in [0.1, 0.15) is 0 Å². The first-order chi connectivity index (χ1) is 12.0. The molecule has 3 atom stereocenters. The van der Waals surface area contributed by atoms with E-state index in [2.05, 4.69) is 31.3 Å². The number of nitrogens with zero attached hydrogens (tertiary/aromatic N) is 1. The first kappa shape index (κ1) is 19.4. The maximum atomic E-state index is 13.0. The second-order valence-electron chi connectivity index (χ2n) is 6.75. The molecule has 0 aliphatic carbocycles. The second kappa shape index (κ2) is 9.56. The molecule has 1 saturated heterocycles. The van der Waals surface area contributed by atoms with E-state index in [1.807, 2.05) is 30.0 Å². The van der Waals surface area contributed by atoms with Gasteiger partial charge in [-0.15, -0.1) is 0 Å². The van der Waals surface area contributed by atoms with E-state index in [-0.39, 0.29) is 29.9 Å². The zero-order valence-electron chi connectivity index (χ0n) is 15.5. The lowest BCUT2D eigenvalue weighted by Gasteiger charge is -2.31. The molecule has 1 aromatic rings. The number of nitrogens with one attached hydrogen (secondary N) is 1. The largest absolute Gasteiger partial charge is 0.376 e. The number of rotatable bonds is 8. The van der Waals surface area contributed by atoms with Crippen molar-refractivity contribution in [3.8, 4) is 0 Å². The lowest BCUT2D eigenvalue weighted by Crippen LogP contribution is -2.42. The van der Waals surface area contributed by atoms with Gasteiger partial charge in [0.05, 0.1) is 18.6 Å². The Hall–Kier alpha value is -1.88. The fraction of sp³-hybridized carbons (Fsp3) is 0.600. The Kier molecular flexibility index (Phi) is 7.44. The lowest BCUT2D eigenvalue weighted by atomic mass is 10.0. The summed E-state index contributed by atoms with van der Waals surface area (Å²) in [5.74, 6) is 0.0486. The fourth-order valence-corrected chi connectivity index (χ4v) is 3.06. The van der Waals surface area contributed by atoms with Crippen LogP contribution in [0.25, 0.3) is 0 Å². The molecular weight excluding hydrogens is 316 g/mol. The van der Waals surface area contributed by atoms with E-state index in [9.17, 15) is 9.59 Å². The number of amides is 2. The van der Waals surface area contributed by atoms with Gasteiger partial charge < -0.3 is 15.0 Å². The van der Waals surface area contributed by atoms with Gasteiger partial charge in [-0.1, -0.05) is 44.2 Å². The molecule has 1 aliphatic heterocycles. The van der Waals surface area contributed by atoms with Crippen LogP contribution in [0.1, 0.15) is 45.6 Å². The Labute approximate surface area is 150 Å². The minimum absolute atomic E-state index is 0.0173. The van der Waals surface area contributed by atoms with E-state index < -0.39 is 0 Å². The summed E-state index contributed by atoms with van der Waals surface area (Å²) in [6, 6.07) is 10.3. The summed E-state index contributed by atoms with van der Waals surface area (Å²) in [6.45, 7) is 7.57. The quantitative estimate of drug-likeness (QED) is 0.787. The zero-order valence-corrected chi connectivity index (χ0v) is 15.5. The highest BCUT2D eigenvalue weighted by Crippen LogP contribution is 2.24. The second-order valence-corrected chi connectivity index (χ2v) is 6.75. The number of benzene rings is 1. The maximum Gasteiger partial charge on any atom is 0.228 e. The molecule has 0 saturated carbocycles. The molecule has 1 unspecified atom stereocenters. The molecule has 138 valence electrons. The first-order valence-corrected chi connectivity index (χ1v) is 9.27. The molecule has 2 rings (SSSR count). The summed E-state index contributed by atoms with van der Waals surface area (Å²) in [5.41, 5.74) is 1.14. The lowest BCUT2D eigenvalue weighted by molar-refractivity contribution is -0.138. The van der Waals surface area contributed by atoms with Crippen LogP contribution in [-0.2, 0) is 20.9 Å². The molecular formula is C20H30N2O3. The Balaban J connectivity index is 1.96. The van der Waals surface area contributed by atoms with Crippen LogP contribution in [0.3, 0.4) is 0 Å². The van der Waals surface area contributed by atoms with Crippen molar-refractivity contribution in [1.29, 1.82) is 0 Å². The molecule has 2 amide bonds. The number of ether oxygens (including phenoxy) is 1. The molecule has 1 fully saturated rings. The van der Waals surface area contributed by atoms with E-state index in [0.717, 1.165) is 12.0 Å². The van der Waals surface area contributed by atoms with Gasteiger partial charge in [0.2, 0.25) is 11.8 Å². The minimum Gasteiger partial charge on any atom is -0.376 e. The summed E-state index contributed by atoms with van der Waals surface area (Å²) in [4.78, 5) is 26.4. The van der Waals surface area contributed by atoms with Crippen LogP contribution in [0.4, 0.5) is 0 Å². The first-order valence-electron chi connectivity index (χ1n) is 9.27. The third kappa shape index (κ3) is 5.56. The predicted octanol–water partition coefficient (Wildman–Crippen LogP) is 2.75. The molecule has 1 N–H and O–H groups in total. The monoisotopic (exact) mass is 346 g/mol. The smallest absolute Gasteiger partial charge is 0.228 e. The topological polar surface area (TPSA) is 58.6 Å². The normalized spacial score (nSPS) is 20.9. The summed E-state index contributed by atoms with van der Waals surface area (Å²) in [5, 5.41) is 2.85. The van der Waals surface area contributed by atoms with Gasteiger partial charge in [-0.05, 0) is 25.3 Å². The maximum absolute atomic E-state index is 13.0. The van der Waals surface area contributed by atoms with Gasteiger partial charge in [-0.25, -0.2) is 0 Å². The van der Waals surface area contributed by atoms with Crippen LogP contribution in [0, 0.1) is 5.92 Å². The van der Waals surface area contributed by atoms with Crippen LogP contribution < -0.4 is 5.32 Å². The summed E-state index contributed by atoms with van der Waals surface area (Å²) in [7, 11) is 0. The van der Waals surface area contributed by atoms with Crippen LogP contribution in [0.2, 0.25) is 0 Å². The fourth-order valence-electron chi connectivity index (χ4n) is 3.06. The van der Waals surface area contributed by atoms with Crippen molar-refractivity contribution >= 4 is 11.8 Å². The van der Waals surface area contributed by atoms with Gasteiger partial charge in [0.15, 0.2) is 0 Å². The molecule has 0 spiro atoms. The zero-order chi connectivity index (χ0) is 18.2. The van der Waals surface area contributed by atoms with Crippen LogP contribution in [-0.4, -0.2) is 42.0 Å². The van der Waals surface area contributed by atoms with Crippen LogP contribution >= 0.6 is 0 Å². The van der Waals surface area contributed by atoms with Crippen molar-refractivity contribution in [2.45, 2.75) is 58.7 Å². The number of carbonyl (C=O) groups is 2. The predicted molar refractivity (Wildman–Crippen MR) is 97.9 cm³/mol. The number of hydrogen-bond acceptors (Lipinski definition) is 3. The average Bonchev–Trinajstić information content (AvgIpc) is 3.12. The summed E-state index contributed by atoms with van der Waals surface area (Å²) < 4.78 is 5.73. The number of hydrogen-bond donors (Lipinski definition) is 1. The number of carbonyl (C=O) groups excluding carboxylic acids is 2. The van der Waals surface area contributed by atoms with Crippen molar-refractivity contribution in [2.75, 3.05) is 13.2 Å². The van der Waals surface area contributed by atoms with E-state index in [0.29, 0.717) is 32.5 Å². The van der Waals surface area contributed by atoms with Gasteiger partial charge >= 0.3 is 0 Å². The van der Waals surface area contributed by atoms with Crippen LogP contribution in [0.5, 0.6) is 0 Å². The van der Waals surface area contributed by atoms with Gasteiger partial charge in [-0.2, -0.15) is 0 Å². The molecule has 25 heavy (non-hydrogen) atoms. The highest BCUT2D eigenvalue weighted by Gasteiger charge is 2.34. The summed E-state index contributed by atoms with van der Waals surface area (Å²) >= 11 is 0. The Bertz CT molecular complexity index is 561. The summed E-state index contributed by atoms with van der Waals surface area (Å²) in [6.07, 6.45) is 1.99. The van der Waals surface area contributed by atoms with E-state index in [1.165, 1.54) is 0 Å². The van der Waals surface area contributed by atoms with Crippen molar-refractivity contribution in [3.63, 3.8) is 0 Å². The average molecular weight is 346 g/mol. The third-order valence-corrected chi connectivity index (χ3v) is 4.88. The molecule has 1 heterocycles. The standard InChI is InChI=1S/C20H30N2O3/c1-4-15(3)22(13-16-9-7-6-8-10-16)20(24)17-11-18(25-14-17)12-21-19(23)5-2/h6-10,15,17-18H,4-5,11-14H2,1-3H3,(H,21,23)/t15?,17-,18-/m0/s1.